The Balaban J connectivity index is 1.72. The zero-order chi connectivity index (χ0) is 15.7. The van der Waals surface area contributed by atoms with Gasteiger partial charge in [0.2, 0.25) is 5.91 Å². The lowest BCUT2D eigenvalue weighted by molar-refractivity contribution is -0.132. The number of aromatic nitrogens is 1. The number of fused-ring (bicyclic) bond motifs is 3. The van der Waals surface area contributed by atoms with E-state index in [1.807, 2.05) is 30.9 Å². The van der Waals surface area contributed by atoms with Crippen LogP contribution in [0.2, 0.25) is 0 Å². The second-order valence-electron chi connectivity index (χ2n) is 6.73. The Bertz CT molecular complexity index is 541. The number of ether oxygens (including phenoxy) is 1. The summed E-state index contributed by atoms with van der Waals surface area (Å²) in [4.78, 5) is 21.5. The van der Waals surface area contributed by atoms with E-state index in [0.717, 1.165) is 49.8 Å². The third kappa shape index (κ3) is 3.47. The van der Waals surface area contributed by atoms with E-state index in [9.17, 15) is 4.79 Å². The molecular weight excluding hydrogens is 278 g/mol. The van der Waals surface area contributed by atoms with Crippen molar-refractivity contribution in [1.29, 1.82) is 0 Å². The molecule has 1 aromatic rings. The molecule has 22 heavy (non-hydrogen) atoms. The standard InChI is InChI=1S/C17H25N3O2/c1-12-4-14(5-13(2)18-12)6-17(21)20-8-15-7-19(3)16(9-20)11-22-10-15/h4-5,15-16H,6-11H2,1-3H3/t15-,16+/m1/s1. The van der Waals surface area contributed by atoms with Crippen molar-refractivity contribution >= 4 is 5.91 Å². The Morgan fingerprint density at radius 3 is 2.68 bits per heavy atom. The SMILES string of the molecule is Cc1cc(CC(=O)N2C[C@@H]3COC[C@H](C2)N(C)C3)cc(C)n1. The van der Waals surface area contributed by atoms with Gasteiger partial charge in [0, 0.05) is 36.9 Å². The Labute approximate surface area is 132 Å². The van der Waals surface area contributed by atoms with E-state index in [1.54, 1.807) is 0 Å². The topological polar surface area (TPSA) is 45.7 Å². The zero-order valence-electron chi connectivity index (χ0n) is 13.7. The highest BCUT2D eigenvalue weighted by atomic mass is 16.5. The van der Waals surface area contributed by atoms with Gasteiger partial charge in [-0.15, -0.1) is 0 Å². The van der Waals surface area contributed by atoms with Gasteiger partial charge in [-0.2, -0.15) is 0 Å². The van der Waals surface area contributed by atoms with Crippen molar-refractivity contribution < 1.29 is 9.53 Å². The minimum atomic E-state index is 0.220. The second kappa shape index (κ2) is 6.34. The van der Waals surface area contributed by atoms with Crippen LogP contribution in [0.25, 0.3) is 0 Å². The molecule has 0 N–H and O–H groups in total. The van der Waals surface area contributed by atoms with Crippen molar-refractivity contribution in [1.82, 2.24) is 14.8 Å². The molecule has 2 saturated heterocycles. The van der Waals surface area contributed by atoms with Gasteiger partial charge < -0.3 is 9.64 Å². The van der Waals surface area contributed by atoms with E-state index < -0.39 is 0 Å². The van der Waals surface area contributed by atoms with Crippen LogP contribution in [0.5, 0.6) is 0 Å². The first-order valence-electron chi connectivity index (χ1n) is 8.01. The molecule has 0 aromatic carbocycles. The third-order valence-corrected chi connectivity index (χ3v) is 4.59. The Morgan fingerprint density at radius 1 is 1.23 bits per heavy atom. The molecule has 5 nitrogen and oxygen atoms in total. The molecule has 120 valence electrons. The Hall–Kier alpha value is -1.46. The molecule has 0 unspecified atom stereocenters. The fourth-order valence-electron chi connectivity index (χ4n) is 3.56. The molecule has 2 bridgehead atoms. The number of hydrogen-bond donors (Lipinski definition) is 0. The van der Waals surface area contributed by atoms with Crippen LogP contribution >= 0.6 is 0 Å². The summed E-state index contributed by atoms with van der Waals surface area (Å²) in [6.45, 7) is 8.04. The summed E-state index contributed by atoms with van der Waals surface area (Å²) in [6, 6.07) is 4.34. The van der Waals surface area contributed by atoms with Gasteiger partial charge in [0.05, 0.1) is 25.7 Å². The number of nitrogens with zero attached hydrogens (tertiary/aromatic N) is 3. The van der Waals surface area contributed by atoms with Crippen molar-refractivity contribution in [3.8, 4) is 0 Å². The number of hydrogen-bond acceptors (Lipinski definition) is 4. The molecule has 2 atom stereocenters. The van der Waals surface area contributed by atoms with Crippen molar-refractivity contribution in [3.63, 3.8) is 0 Å². The lowest BCUT2D eigenvalue weighted by Gasteiger charge is -2.30. The summed E-state index contributed by atoms with van der Waals surface area (Å²) in [7, 11) is 2.13. The average Bonchev–Trinajstić information content (AvgIpc) is 2.65. The van der Waals surface area contributed by atoms with Crippen molar-refractivity contribution in [3.05, 3.63) is 29.1 Å². The molecule has 1 amide bonds. The van der Waals surface area contributed by atoms with E-state index in [0.29, 0.717) is 18.4 Å². The second-order valence-corrected chi connectivity index (χ2v) is 6.73. The van der Waals surface area contributed by atoms with Gasteiger partial charge in [-0.1, -0.05) is 0 Å². The summed E-state index contributed by atoms with van der Waals surface area (Å²) in [5.74, 6) is 0.638. The summed E-state index contributed by atoms with van der Waals surface area (Å²) >= 11 is 0. The molecule has 3 rings (SSSR count). The largest absolute Gasteiger partial charge is 0.379 e. The van der Waals surface area contributed by atoms with Crippen LogP contribution in [0.15, 0.2) is 12.1 Å². The first-order valence-corrected chi connectivity index (χ1v) is 8.01. The smallest absolute Gasteiger partial charge is 0.227 e. The number of carbonyl (C=O) groups excluding carboxylic acids is 1. The molecular formula is C17H25N3O2. The van der Waals surface area contributed by atoms with Crippen molar-refractivity contribution in [2.75, 3.05) is 39.9 Å². The van der Waals surface area contributed by atoms with Crippen LogP contribution in [-0.2, 0) is 16.0 Å². The van der Waals surface area contributed by atoms with E-state index in [-0.39, 0.29) is 5.91 Å². The average molecular weight is 303 g/mol. The summed E-state index contributed by atoms with van der Waals surface area (Å²) in [5, 5.41) is 0. The number of carbonyl (C=O) groups is 1. The van der Waals surface area contributed by atoms with Crippen LogP contribution in [-0.4, -0.2) is 66.6 Å². The molecule has 0 aliphatic carbocycles. The predicted molar refractivity (Wildman–Crippen MR) is 84.7 cm³/mol. The molecule has 2 fully saturated rings. The fourth-order valence-corrected chi connectivity index (χ4v) is 3.56. The Kier molecular flexibility index (Phi) is 4.45. The zero-order valence-corrected chi connectivity index (χ0v) is 13.7. The highest BCUT2D eigenvalue weighted by Gasteiger charge is 2.33. The van der Waals surface area contributed by atoms with E-state index in [4.69, 9.17) is 4.74 Å². The van der Waals surface area contributed by atoms with Gasteiger partial charge in [0.15, 0.2) is 0 Å². The van der Waals surface area contributed by atoms with E-state index >= 15 is 0 Å². The molecule has 0 spiro atoms. The van der Waals surface area contributed by atoms with Gasteiger partial charge >= 0.3 is 0 Å². The number of amides is 1. The monoisotopic (exact) mass is 303 g/mol. The lowest BCUT2D eigenvalue weighted by atomic mass is 10.1. The quantitative estimate of drug-likeness (QED) is 0.819. The number of rotatable bonds is 2. The molecule has 0 saturated carbocycles. The fraction of sp³-hybridized carbons (Fsp3) is 0.647. The van der Waals surface area contributed by atoms with Gasteiger partial charge in [-0.3, -0.25) is 14.7 Å². The van der Waals surface area contributed by atoms with E-state index in [2.05, 4.69) is 16.9 Å². The van der Waals surface area contributed by atoms with E-state index in [1.165, 1.54) is 0 Å². The van der Waals surface area contributed by atoms with Crippen molar-refractivity contribution in [2.45, 2.75) is 26.3 Å². The molecule has 2 aliphatic rings. The van der Waals surface area contributed by atoms with Gasteiger partial charge in [0.1, 0.15) is 0 Å². The first-order chi connectivity index (χ1) is 10.5. The van der Waals surface area contributed by atoms with Crippen LogP contribution in [0.3, 0.4) is 0 Å². The van der Waals surface area contributed by atoms with Crippen LogP contribution in [0, 0.1) is 19.8 Å². The molecule has 1 aromatic heterocycles. The summed E-state index contributed by atoms with van der Waals surface area (Å²) in [5.41, 5.74) is 3.02. The number of likely N-dealkylation sites (N-methyl/N-ethyl adjacent to an activating group) is 1. The minimum Gasteiger partial charge on any atom is -0.379 e. The highest BCUT2D eigenvalue weighted by molar-refractivity contribution is 5.79. The summed E-state index contributed by atoms with van der Waals surface area (Å²) < 4.78 is 5.72. The molecule has 0 radical (unpaired) electrons. The maximum absolute atomic E-state index is 12.7. The van der Waals surface area contributed by atoms with Gasteiger partial charge in [-0.05, 0) is 38.6 Å². The maximum atomic E-state index is 12.7. The molecule has 3 heterocycles. The predicted octanol–water partition coefficient (Wildman–Crippen LogP) is 1.03. The molecule has 2 aliphatic heterocycles. The summed E-state index contributed by atoms with van der Waals surface area (Å²) in [6.07, 6.45) is 0.466. The molecule has 5 heteroatoms. The maximum Gasteiger partial charge on any atom is 0.227 e. The third-order valence-electron chi connectivity index (χ3n) is 4.59. The van der Waals surface area contributed by atoms with Crippen molar-refractivity contribution in [2.24, 2.45) is 5.92 Å². The normalized spacial score (nSPS) is 25.9. The minimum absolute atomic E-state index is 0.220. The van der Waals surface area contributed by atoms with Crippen LogP contribution in [0.1, 0.15) is 17.0 Å². The highest BCUT2D eigenvalue weighted by Crippen LogP contribution is 2.19. The number of pyridine rings is 1. The first kappa shape index (κ1) is 15.4. The number of aryl methyl sites for hydroxylation is 2. The lowest BCUT2D eigenvalue weighted by Crippen LogP contribution is -2.45. The van der Waals surface area contributed by atoms with Crippen LogP contribution < -0.4 is 0 Å². The van der Waals surface area contributed by atoms with Crippen LogP contribution in [0.4, 0.5) is 0 Å². The van der Waals surface area contributed by atoms with Gasteiger partial charge in [0.25, 0.3) is 0 Å². The van der Waals surface area contributed by atoms with Gasteiger partial charge in [-0.25, -0.2) is 0 Å². The Morgan fingerprint density at radius 2 is 1.95 bits per heavy atom.